The van der Waals surface area contributed by atoms with E-state index in [0.717, 1.165) is 18.8 Å². The number of aromatic nitrogens is 3. The fourth-order valence-electron chi connectivity index (χ4n) is 1.72. The topological polar surface area (TPSA) is 71.8 Å². The molecule has 0 aliphatic heterocycles. The molecule has 0 aromatic carbocycles. The van der Waals surface area contributed by atoms with Crippen molar-refractivity contribution in [1.29, 1.82) is 0 Å². The molecule has 2 heterocycles. The van der Waals surface area contributed by atoms with Crippen LogP contribution in [0.2, 0.25) is 0 Å². The number of pyridine rings is 1. The van der Waals surface area contributed by atoms with Gasteiger partial charge in [-0.25, -0.2) is 9.97 Å². The van der Waals surface area contributed by atoms with Gasteiger partial charge in [0, 0.05) is 32.0 Å². The quantitative estimate of drug-likeness (QED) is 0.802. The van der Waals surface area contributed by atoms with Gasteiger partial charge in [-0.2, -0.15) is 0 Å². The Morgan fingerprint density at radius 2 is 2.25 bits per heavy atom. The molecular weight excluding hydrogens is 254 g/mol. The summed E-state index contributed by atoms with van der Waals surface area (Å²) < 4.78 is 1.91. The number of amides is 1. The minimum atomic E-state index is -0.162. The summed E-state index contributed by atoms with van der Waals surface area (Å²) in [5.41, 5.74) is 0.428. The molecule has 20 heavy (non-hydrogen) atoms. The van der Waals surface area contributed by atoms with E-state index in [4.69, 9.17) is 0 Å². The molecule has 0 aliphatic rings. The summed E-state index contributed by atoms with van der Waals surface area (Å²) in [7, 11) is 0. The molecule has 2 aromatic heterocycles. The van der Waals surface area contributed by atoms with Crippen molar-refractivity contribution < 1.29 is 4.79 Å². The summed E-state index contributed by atoms with van der Waals surface area (Å²) in [6, 6.07) is 5.40. The number of imidazole rings is 1. The molecule has 0 saturated carbocycles. The van der Waals surface area contributed by atoms with E-state index in [1.54, 1.807) is 18.6 Å². The van der Waals surface area contributed by atoms with Gasteiger partial charge in [0.1, 0.15) is 11.5 Å². The minimum Gasteiger partial charge on any atom is -0.370 e. The van der Waals surface area contributed by atoms with E-state index in [1.807, 2.05) is 22.9 Å². The lowest BCUT2D eigenvalue weighted by atomic mass is 10.3. The van der Waals surface area contributed by atoms with E-state index in [1.165, 1.54) is 0 Å². The number of hydrogen-bond acceptors (Lipinski definition) is 4. The lowest BCUT2D eigenvalue weighted by molar-refractivity contribution is 0.0947. The van der Waals surface area contributed by atoms with Crippen LogP contribution < -0.4 is 10.6 Å². The molecule has 0 atom stereocenters. The number of carbonyl (C=O) groups excluding carboxylic acids is 1. The Bertz CT molecular complexity index is 538. The Labute approximate surface area is 118 Å². The molecule has 0 spiro atoms. The van der Waals surface area contributed by atoms with Gasteiger partial charge in [-0.15, -0.1) is 0 Å². The zero-order chi connectivity index (χ0) is 14.2. The lowest BCUT2D eigenvalue weighted by Gasteiger charge is -2.07. The van der Waals surface area contributed by atoms with Crippen molar-refractivity contribution in [2.45, 2.75) is 19.9 Å². The fraction of sp³-hybridized carbons (Fsp3) is 0.357. The van der Waals surface area contributed by atoms with Crippen molar-refractivity contribution in [3.8, 4) is 0 Å². The Balaban J connectivity index is 1.85. The number of carbonyl (C=O) groups is 1. The van der Waals surface area contributed by atoms with Gasteiger partial charge in [-0.3, -0.25) is 4.79 Å². The zero-order valence-electron chi connectivity index (χ0n) is 11.5. The second kappa shape index (κ2) is 7.28. The highest BCUT2D eigenvalue weighted by atomic mass is 16.1. The van der Waals surface area contributed by atoms with Gasteiger partial charge in [0.05, 0.1) is 6.33 Å². The summed E-state index contributed by atoms with van der Waals surface area (Å²) in [6.07, 6.45) is 6.31. The molecular formula is C14H19N5O. The first kappa shape index (κ1) is 14.0. The molecule has 0 unspecified atom stereocenters. The number of hydrogen-bond donors (Lipinski definition) is 2. The molecule has 0 aliphatic carbocycles. The smallest absolute Gasteiger partial charge is 0.270 e. The van der Waals surface area contributed by atoms with Crippen LogP contribution in [0.3, 0.4) is 0 Å². The maximum Gasteiger partial charge on any atom is 0.270 e. The van der Waals surface area contributed by atoms with Gasteiger partial charge in [0.25, 0.3) is 5.91 Å². The van der Waals surface area contributed by atoms with Gasteiger partial charge >= 0.3 is 0 Å². The van der Waals surface area contributed by atoms with Gasteiger partial charge in [0.15, 0.2) is 0 Å². The van der Waals surface area contributed by atoms with Crippen molar-refractivity contribution >= 4 is 11.7 Å². The molecule has 0 saturated heterocycles. The van der Waals surface area contributed by atoms with Crippen molar-refractivity contribution in [3.63, 3.8) is 0 Å². The number of rotatable bonds is 7. The molecule has 0 bridgehead atoms. The average Bonchev–Trinajstić information content (AvgIpc) is 2.98. The highest BCUT2D eigenvalue weighted by Gasteiger charge is 2.07. The number of anilines is 1. The Hall–Kier alpha value is -2.37. The highest BCUT2D eigenvalue weighted by molar-refractivity contribution is 5.92. The van der Waals surface area contributed by atoms with E-state index in [-0.39, 0.29) is 5.91 Å². The summed E-state index contributed by atoms with van der Waals surface area (Å²) >= 11 is 0. The Kier molecular flexibility index (Phi) is 5.11. The molecule has 6 nitrogen and oxygen atoms in total. The summed E-state index contributed by atoms with van der Waals surface area (Å²) in [5.74, 6) is 0.569. The number of nitrogens with zero attached hydrogens (tertiary/aromatic N) is 3. The van der Waals surface area contributed by atoms with E-state index in [0.29, 0.717) is 18.8 Å². The standard InChI is InChI=1S/C14H19N5O/c1-2-6-16-13-5-3-4-12(18-13)14(20)17-8-10-19-9-7-15-11-19/h3-5,7,9,11H,2,6,8,10H2,1H3,(H,16,18)(H,17,20). The SMILES string of the molecule is CCCNc1cccc(C(=O)NCCn2ccnc2)n1. The van der Waals surface area contributed by atoms with Crippen molar-refractivity contribution in [1.82, 2.24) is 19.9 Å². The molecule has 2 rings (SSSR count). The van der Waals surface area contributed by atoms with Crippen LogP contribution in [0.5, 0.6) is 0 Å². The summed E-state index contributed by atoms with van der Waals surface area (Å²) in [4.78, 5) is 20.2. The third-order valence-electron chi connectivity index (χ3n) is 2.75. The summed E-state index contributed by atoms with van der Waals surface area (Å²) in [5, 5.41) is 6.01. The van der Waals surface area contributed by atoms with Gasteiger partial charge < -0.3 is 15.2 Å². The van der Waals surface area contributed by atoms with E-state index in [9.17, 15) is 4.79 Å². The predicted molar refractivity (Wildman–Crippen MR) is 77.6 cm³/mol. The van der Waals surface area contributed by atoms with Crippen LogP contribution in [-0.2, 0) is 6.54 Å². The average molecular weight is 273 g/mol. The van der Waals surface area contributed by atoms with E-state index < -0.39 is 0 Å². The Morgan fingerprint density at radius 1 is 1.35 bits per heavy atom. The predicted octanol–water partition coefficient (Wildman–Crippen LogP) is 1.53. The molecule has 0 radical (unpaired) electrons. The second-order valence-corrected chi connectivity index (χ2v) is 4.39. The van der Waals surface area contributed by atoms with Crippen LogP contribution in [0.4, 0.5) is 5.82 Å². The van der Waals surface area contributed by atoms with Crippen molar-refractivity contribution in [2.75, 3.05) is 18.4 Å². The lowest BCUT2D eigenvalue weighted by Crippen LogP contribution is -2.27. The minimum absolute atomic E-state index is 0.162. The van der Waals surface area contributed by atoms with Crippen LogP contribution in [0, 0.1) is 0 Å². The van der Waals surface area contributed by atoms with Crippen LogP contribution in [0.15, 0.2) is 36.9 Å². The second-order valence-electron chi connectivity index (χ2n) is 4.39. The first-order valence-electron chi connectivity index (χ1n) is 6.74. The first-order valence-corrected chi connectivity index (χ1v) is 6.74. The van der Waals surface area contributed by atoms with Gasteiger partial charge in [-0.05, 0) is 18.6 Å². The molecule has 6 heteroatoms. The highest BCUT2D eigenvalue weighted by Crippen LogP contribution is 2.04. The third kappa shape index (κ3) is 4.08. The third-order valence-corrected chi connectivity index (χ3v) is 2.75. The van der Waals surface area contributed by atoms with E-state index >= 15 is 0 Å². The molecule has 2 N–H and O–H groups in total. The molecule has 106 valence electrons. The molecule has 2 aromatic rings. The first-order chi connectivity index (χ1) is 9.79. The monoisotopic (exact) mass is 273 g/mol. The molecule has 0 fully saturated rings. The van der Waals surface area contributed by atoms with Crippen LogP contribution in [-0.4, -0.2) is 33.5 Å². The normalized spacial score (nSPS) is 10.2. The van der Waals surface area contributed by atoms with Gasteiger partial charge in [-0.1, -0.05) is 13.0 Å². The van der Waals surface area contributed by atoms with Gasteiger partial charge in [0.2, 0.25) is 0 Å². The zero-order valence-corrected chi connectivity index (χ0v) is 11.5. The maximum atomic E-state index is 12.0. The molecule has 1 amide bonds. The van der Waals surface area contributed by atoms with Crippen molar-refractivity contribution in [3.05, 3.63) is 42.6 Å². The Morgan fingerprint density at radius 3 is 3.00 bits per heavy atom. The van der Waals surface area contributed by atoms with Crippen LogP contribution in [0.1, 0.15) is 23.8 Å². The van der Waals surface area contributed by atoms with E-state index in [2.05, 4.69) is 27.5 Å². The summed E-state index contributed by atoms with van der Waals surface area (Å²) in [6.45, 7) is 4.17. The van der Waals surface area contributed by atoms with Crippen LogP contribution >= 0.6 is 0 Å². The largest absolute Gasteiger partial charge is 0.370 e. The van der Waals surface area contributed by atoms with Crippen LogP contribution in [0.25, 0.3) is 0 Å². The fourth-order valence-corrected chi connectivity index (χ4v) is 1.72. The number of nitrogens with one attached hydrogen (secondary N) is 2. The maximum absolute atomic E-state index is 12.0. The van der Waals surface area contributed by atoms with Crippen molar-refractivity contribution in [2.24, 2.45) is 0 Å².